The third-order valence-electron chi connectivity index (χ3n) is 3.35. The van der Waals surface area contributed by atoms with Gasteiger partial charge in [0.25, 0.3) is 5.09 Å². The summed E-state index contributed by atoms with van der Waals surface area (Å²) in [6.07, 6.45) is 5.30. The van der Waals surface area contributed by atoms with Gasteiger partial charge in [0.1, 0.15) is 12.7 Å². The maximum absolute atomic E-state index is 11.9. The van der Waals surface area contributed by atoms with Crippen molar-refractivity contribution in [3.8, 4) is 0 Å². The van der Waals surface area contributed by atoms with E-state index in [4.69, 9.17) is 4.74 Å². The van der Waals surface area contributed by atoms with Crippen LogP contribution in [0.3, 0.4) is 0 Å². The predicted molar refractivity (Wildman–Crippen MR) is 70.5 cm³/mol. The van der Waals surface area contributed by atoms with E-state index in [1.54, 1.807) is 24.3 Å². The van der Waals surface area contributed by atoms with Crippen LogP contribution >= 0.6 is 0 Å². The summed E-state index contributed by atoms with van der Waals surface area (Å²) in [5.74, 6) is -0.335. The molecular weight excluding hydrogens is 262 g/mol. The van der Waals surface area contributed by atoms with Gasteiger partial charge < -0.3 is 9.57 Å². The number of esters is 1. The maximum Gasteiger partial charge on any atom is 0.338 e. The Kier molecular flexibility index (Phi) is 4.92. The second kappa shape index (κ2) is 6.88. The molecule has 1 aromatic rings. The molecule has 0 unspecified atom stereocenters. The number of nitrogens with zero attached hydrogens (tertiary/aromatic N) is 1. The fourth-order valence-electron chi connectivity index (χ4n) is 2.27. The van der Waals surface area contributed by atoms with E-state index < -0.39 is 5.09 Å². The van der Waals surface area contributed by atoms with Gasteiger partial charge in [-0.05, 0) is 43.4 Å². The molecule has 6 heteroatoms. The summed E-state index contributed by atoms with van der Waals surface area (Å²) in [6.45, 7) is -0.120. The summed E-state index contributed by atoms with van der Waals surface area (Å²) in [6, 6.07) is 6.45. The average Bonchev–Trinajstić information content (AvgIpc) is 2.46. The first-order valence-electron chi connectivity index (χ1n) is 6.72. The van der Waals surface area contributed by atoms with Gasteiger partial charge in [-0.1, -0.05) is 18.6 Å². The van der Waals surface area contributed by atoms with Gasteiger partial charge in [0.2, 0.25) is 0 Å². The molecule has 20 heavy (non-hydrogen) atoms. The summed E-state index contributed by atoms with van der Waals surface area (Å²) < 4.78 is 5.44. The van der Waals surface area contributed by atoms with Gasteiger partial charge in [0, 0.05) is 0 Å². The minimum Gasteiger partial charge on any atom is -0.459 e. The standard InChI is InChI=1S/C14H17NO5/c16-14(20-13-4-2-1-3-5-13)12-8-6-11(7-9-12)10-19-15(17)18/h6-9,13H,1-5,10H2. The first kappa shape index (κ1) is 14.3. The van der Waals surface area contributed by atoms with Crippen molar-refractivity contribution >= 4 is 5.97 Å². The van der Waals surface area contributed by atoms with Crippen molar-refractivity contribution in [2.45, 2.75) is 44.8 Å². The molecule has 0 N–H and O–H groups in total. The van der Waals surface area contributed by atoms with Crippen LogP contribution in [0.25, 0.3) is 0 Å². The molecule has 0 saturated heterocycles. The minimum atomic E-state index is -0.842. The van der Waals surface area contributed by atoms with E-state index >= 15 is 0 Å². The molecule has 1 aliphatic rings. The van der Waals surface area contributed by atoms with E-state index in [1.165, 1.54) is 6.42 Å². The summed E-state index contributed by atoms with van der Waals surface area (Å²) in [7, 11) is 0. The Bertz CT molecular complexity index is 465. The van der Waals surface area contributed by atoms with E-state index in [-0.39, 0.29) is 18.7 Å². The van der Waals surface area contributed by atoms with Crippen LogP contribution < -0.4 is 0 Å². The van der Waals surface area contributed by atoms with Crippen molar-refractivity contribution < 1.29 is 19.5 Å². The molecule has 0 aromatic heterocycles. The Morgan fingerprint density at radius 3 is 2.45 bits per heavy atom. The van der Waals surface area contributed by atoms with Gasteiger partial charge in [0.15, 0.2) is 0 Å². The molecule has 2 rings (SSSR count). The quantitative estimate of drug-likeness (QED) is 0.470. The van der Waals surface area contributed by atoms with Crippen LogP contribution in [0.1, 0.15) is 48.0 Å². The first-order valence-corrected chi connectivity index (χ1v) is 6.72. The summed E-state index contributed by atoms with van der Waals surface area (Å²) in [5, 5.41) is 9.24. The fraction of sp³-hybridized carbons (Fsp3) is 0.500. The lowest BCUT2D eigenvalue weighted by Gasteiger charge is -2.21. The Hall–Kier alpha value is -2.11. The number of rotatable bonds is 5. The highest BCUT2D eigenvalue weighted by atomic mass is 16.9. The highest BCUT2D eigenvalue weighted by molar-refractivity contribution is 5.89. The molecule has 0 atom stereocenters. The van der Waals surface area contributed by atoms with Crippen LogP contribution in [0.4, 0.5) is 0 Å². The molecule has 0 amide bonds. The molecule has 1 aliphatic carbocycles. The summed E-state index contributed by atoms with van der Waals surface area (Å²) in [4.78, 5) is 26.3. The molecule has 1 saturated carbocycles. The van der Waals surface area contributed by atoms with Crippen LogP contribution in [0.15, 0.2) is 24.3 Å². The molecule has 1 fully saturated rings. The van der Waals surface area contributed by atoms with E-state index in [0.717, 1.165) is 25.7 Å². The van der Waals surface area contributed by atoms with Crippen molar-refractivity contribution in [1.29, 1.82) is 0 Å². The zero-order valence-electron chi connectivity index (χ0n) is 11.1. The molecule has 1 aromatic carbocycles. The Morgan fingerprint density at radius 1 is 1.20 bits per heavy atom. The molecular formula is C14H17NO5. The van der Waals surface area contributed by atoms with Gasteiger partial charge >= 0.3 is 5.97 Å². The number of benzene rings is 1. The molecule has 0 bridgehead atoms. The Balaban J connectivity index is 1.88. The monoisotopic (exact) mass is 279 g/mol. The molecule has 0 spiro atoms. The Morgan fingerprint density at radius 2 is 1.85 bits per heavy atom. The van der Waals surface area contributed by atoms with Crippen LogP contribution in [0, 0.1) is 10.1 Å². The van der Waals surface area contributed by atoms with Gasteiger partial charge in [0.05, 0.1) is 5.56 Å². The zero-order chi connectivity index (χ0) is 14.4. The highest BCUT2D eigenvalue weighted by Gasteiger charge is 2.18. The van der Waals surface area contributed by atoms with E-state index in [9.17, 15) is 14.9 Å². The molecule has 6 nitrogen and oxygen atoms in total. The van der Waals surface area contributed by atoms with E-state index in [0.29, 0.717) is 11.1 Å². The first-order chi connectivity index (χ1) is 9.65. The number of carbonyl (C=O) groups excluding carboxylic acids is 1. The summed E-state index contributed by atoms with van der Waals surface area (Å²) >= 11 is 0. The topological polar surface area (TPSA) is 78.7 Å². The van der Waals surface area contributed by atoms with Crippen molar-refractivity contribution in [2.24, 2.45) is 0 Å². The summed E-state index contributed by atoms with van der Waals surface area (Å²) in [5.41, 5.74) is 1.09. The molecule has 108 valence electrons. The van der Waals surface area contributed by atoms with Crippen LogP contribution in [-0.2, 0) is 16.2 Å². The van der Waals surface area contributed by atoms with Gasteiger partial charge in [-0.25, -0.2) is 4.79 Å². The zero-order valence-corrected chi connectivity index (χ0v) is 11.1. The Labute approximate surface area is 116 Å². The lowest BCUT2D eigenvalue weighted by Crippen LogP contribution is -2.20. The number of carbonyl (C=O) groups is 1. The second-order valence-corrected chi connectivity index (χ2v) is 4.86. The average molecular weight is 279 g/mol. The molecule has 0 heterocycles. The third kappa shape index (κ3) is 4.22. The molecule has 0 aliphatic heterocycles. The van der Waals surface area contributed by atoms with Crippen molar-refractivity contribution in [1.82, 2.24) is 0 Å². The maximum atomic E-state index is 11.9. The third-order valence-corrected chi connectivity index (χ3v) is 3.35. The fourth-order valence-corrected chi connectivity index (χ4v) is 2.27. The van der Waals surface area contributed by atoms with Crippen LogP contribution in [0.2, 0.25) is 0 Å². The van der Waals surface area contributed by atoms with E-state index in [1.807, 2.05) is 0 Å². The van der Waals surface area contributed by atoms with Crippen LogP contribution in [0.5, 0.6) is 0 Å². The number of hydrogen-bond donors (Lipinski definition) is 0. The normalized spacial score (nSPS) is 15.6. The number of hydrogen-bond acceptors (Lipinski definition) is 5. The minimum absolute atomic E-state index is 0.0220. The molecule has 0 radical (unpaired) electrons. The van der Waals surface area contributed by atoms with E-state index in [2.05, 4.69) is 4.84 Å². The van der Waals surface area contributed by atoms with Gasteiger partial charge in [-0.2, -0.15) is 0 Å². The lowest BCUT2D eigenvalue weighted by atomic mass is 9.98. The SMILES string of the molecule is O=C(OC1CCCCC1)c1ccc(CO[N+](=O)[O-])cc1. The van der Waals surface area contributed by atoms with Crippen molar-refractivity contribution in [2.75, 3.05) is 0 Å². The lowest BCUT2D eigenvalue weighted by molar-refractivity contribution is -0.763. The second-order valence-electron chi connectivity index (χ2n) is 4.86. The predicted octanol–water partition coefficient (Wildman–Crippen LogP) is 2.88. The highest BCUT2D eigenvalue weighted by Crippen LogP contribution is 2.21. The number of ether oxygens (including phenoxy) is 1. The smallest absolute Gasteiger partial charge is 0.338 e. The van der Waals surface area contributed by atoms with Crippen molar-refractivity contribution in [3.05, 3.63) is 45.5 Å². The largest absolute Gasteiger partial charge is 0.459 e. The van der Waals surface area contributed by atoms with Gasteiger partial charge in [-0.3, -0.25) is 0 Å². The van der Waals surface area contributed by atoms with Gasteiger partial charge in [-0.15, -0.1) is 10.1 Å². The van der Waals surface area contributed by atoms with Crippen molar-refractivity contribution in [3.63, 3.8) is 0 Å². The van der Waals surface area contributed by atoms with Crippen LogP contribution in [-0.4, -0.2) is 17.2 Å².